The molecule has 1 aliphatic rings. The summed E-state index contributed by atoms with van der Waals surface area (Å²) < 4.78 is 0. The Labute approximate surface area is 74.8 Å². The lowest BCUT2D eigenvalue weighted by atomic mass is 9.98. The second-order valence-corrected chi connectivity index (χ2v) is 4.21. The topological polar surface area (TPSA) is 35.5 Å². The zero-order valence-electron chi connectivity index (χ0n) is 8.30. The van der Waals surface area contributed by atoms with Crippen LogP contribution in [0, 0.1) is 0 Å². The number of rotatable bonds is 1. The summed E-state index contributed by atoms with van der Waals surface area (Å²) in [6, 6.07) is 0.266. The molecule has 0 amide bonds. The van der Waals surface area contributed by atoms with Crippen molar-refractivity contribution in [3.63, 3.8) is 0 Å². The second-order valence-electron chi connectivity index (χ2n) is 4.21. The van der Waals surface area contributed by atoms with Crippen LogP contribution in [-0.4, -0.2) is 48.3 Å². The van der Waals surface area contributed by atoms with Crippen molar-refractivity contribution in [3.05, 3.63) is 0 Å². The average molecular weight is 172 g/mol. The van der Waals surface area contributed by atoms with Crippen LogP contribution >= 0.6 is 0 Å². The van der Waals surface area contributed by atoms with Gasteiger partial charge in [-0.1, -0.05) is 0 Å². The Morgan fingerprint density at radius 2 is 2.25 bits per heavy atom. The minimum Gasteiger partial charge on any atom is -0.395 e. The van der Waals surface area contributed by atoms with Gasteiger partial charge in [-0.25, -0.2) is 0 Å². The molecule has 1 saturated heterocycles. The number of nitrogens with one attached hydrogen (secondary N) is 1. The number of hydrogen-bond donors (Lipinski definition) is 2. The summed E-state index contributed by atoms with van der Waals surface area (Å²) in [6.07, 6.45) is 1.14. The van der Waals surface area contributed by atoms with Gasteiger partial charge in [-0.3, -0.25) is 4.90 Å². The number of hydrogen-bond acceptors (Lipinski definition) is 3. The standard InChI is InChI=1S/C9H20N2O/c1-9(2)4-5-10-6-8(7-12)11(9)3/h8,10,12H,4-7H2,1-3H3. The fourth-order valence-electron chi connectivity index (χ4n) is 1.66. The van der Waals surface area contributed by atoms with Gasteiger partial charge >= 0.3 is 0 Å². The molecular formula is C9H20N2O. The van der Waals surface area contributed by atoms with Crippen molar-refractivity contribution >= 4 is 0 Å². The van der Waals surface area contributed by atoms with E-state index in [1.54, 1.807) is 0 Å². The molecule has 0 radical (unpaired) electrons. The zero-order valence-corrected chi connectivity index (χ0v) is 8.30. The smallest absolute Gasteiger partial charge is 0.0599 e. The summed E-state index contributed by atoms with van der Waals surface area (Å²) in [5.74, 6) is 0. The van der Waals surface area contributed by atoms with E-state index in [9.17, 15) is 0 Å². The van der Waals surface area contributed by atoms with E-state index in [0.29, 0.717) is 0 Å². The second kappa shape index (κ2) is 3.73. The summed E-state index contributed by atoms with van der Waals surface area (Å²) in [6.45, 7) is 6.64. The molecule has 1 fully saturated rings. The third-order valence-electron chi connectivity index (χ3n) is 3.01. The largest absolute Gasteiger partial charge is 0.395 e. The molecule has 1 aliphatic heterocycles. The molecule has 1 atom stereocenters. The van der Waals surface area contributed by atoms with Gasteiger partial charge in [0.15, 0.2) is 0 Å². The van der Waals surface area contributed by atoms with Crippen molar-refractivity contribution in [1.29, 1.82) is 0 Å². The lowest BCUT2D eigenvalue weighted by molar-refractivity contribution is 0.0721. The first kappa shape index (κ1) is 9.96. The highest BCUT2D eigenvalue weighted by Crippen LogP contribution is 2.20. The highest BCUT2D eigenvalue weighted by molar-refractivity contribution is 4.88. The van der Waals surface area contributed by atoms with E-state index in [1.165, 1.54) is 0 Å². The Balaban J connectivity index is 2.66. The van der Waals surface area contributed by atoms with E-state index in [1.807, 2.05) is 0 Å². The molecule has 0 spiro atoms. The van der Waals surface area contributed by atoms with Crippen molar-refractivity contribution in [1.82, 2.24) is 10.2 Å². The Morgan fingerprint density at radius 1 is 1.58 bits per heavy atom. The normalized spacial score (nSPS) is 31.5. The number of aliphatic hydroxyl groups is 1. The lowest BCUT2D eigenvalue weighted by Crippen LogP contribution is -2.49. The van der Waals surface area contributed by atoms with Gasteiger partial charge in [0.1, 0.15) is 0 Å². The first-order chi connectivity index (χ1) is 5.58. The number of likely N-dealkylation sites (N-methyl/N-ethyl adjacent to an activating group) is 1. The highest BCUT2D eigenvalue weighted by Gasteiger charge is 2.30. The Morgan fingerprint density at radius 3 is 2.83 bits per heavy atom. The molecule has 3 heteroatoms. The van der Waals surface area contributed by atoms with Gasteiger partial charge in [0, 0.05) is 18.1 Å². The minimum atomic E-state index is 0.205. The molecule has 0 bridgehead atoms. The van der Waals surface area contributed by atoms with Crippen LogP contribution in [0.15, 0.2) is 0 Å². The first-order valence-corrected chi connectivity index (χ1v) is 4.62. The van der Waals surface area contributed by atoms with Crippen LogP contribution in [0.5, 0.6) is 0 Å². The van der Waals surface area contributed by atoms with Crippen molar-refractivity contribution in [2.45, 2.75) is 31.8 Å². The van der Waals surface area contributed by atoms with E-state index in [4.69, 9.17) is 5.11 Å². The molecule has 0 aromatic heterocycles. The molecule has 0 aromatic carbocycles. The molecule has 0 saturated carbocycles. The maximum absolute atomic E-state index is 9.14. The molecule has 1 unspecified atom stereocenters. The van der Waals surface area contributed by atoms with E-state index in [2.05, 4.69) is 31.1 Å². The molecule has 3 nitrogen and oxygen atoms in total. The first-order valence-electron chi connectivity index (χ1n) is 4.62. The molecule has 2 N–H and O–H groups in total. The van der Waals surface area contributed by atoms with Crippen molar-refractivity contribution < 1.29 is 5.11 Å². The third-order valence-corrected chi connectivity index (χ3v) is 3.01. The minimum absolute atomic E-state index is 0.205. The molecule has 0 aliphatic carbocycles. The van der Waals surface area contributed by atoms with Crippen LogP contribution in [-0.2, 0) is 0 Å². The van der Waals surface area contributed by atoms with Gasteiger partial charge in [-0.15, -0.1) is 0 Å². The van der Waals surface area contributed by atoms with Gasteiger partial charge in [-0.05, 0) is 33.9 Å². The van der Waals surface area contributed by atoms with Gasteiger partial charge in [0.05, 0.1) is 6.61 Å². The van der Waals surface area contributed by atoms with Crippen LogP contribution in [0.4, 0.5) is 0 Å². The van der Waals surface area contributed by atoms with Crippen LogP contribution in [0.2, 0.25) is 0 Å². The summed E-state index contributed by atoms with van der Waals surface area (Å²) >= 11 is 0. The maximum atomic E-state index is 9.14. The predicted octanol–water partition coefficient (Wildman–Crippen LogP) is 0.0510. The molecular weight excluding hydrogens is 152 g/mol. The zero-order chi connectivity index (χ0) is 9.19. The van der Waals surface area contributed by atoms with E-state index in [0.717, 1.165) is 19.5 Å². The maximum Gasteiger partial charge on any atom is 0.0599 e. The van der Waals surface area contributed by atoms with Crippen LogP contribution < -0.4 is 5.32 Å². The molecule has 72 valence electrons. The van der Waals surface area contributed by atoms with Crippen LogP contribution in [0.1, 0.15) is 20.3 Å². The summed E-state index contributed by atoms with van der Waals surface area (Å²) in [4.78, 5) is 2.27. The summed E-state index contributed by atoms with van der Waals surface area (Å²) in [7, 11) is 2.09. The Bertz CT molecular complexity index is 147. The Hall–Kier alpha value is -0.120. The molecule has 12 heavy (non-hydrogen) atoms. The van der Waals surface area contributed by atoms with Crippen molar-refractivity contribution in [3.8, 4) is 0 Å². The van der Waals surface area contributed by atoms with E-state index >= 15 is 0 Å². The highest BCUT2D eigenvalue weighted by atomic mass is 16.3. The fraction of sp³-hybridized carbons (Fsp3) is 1.00. The monoisotopic (exact) mass is 172 g/mol. The predicted molar refractivity (Wildman–Crippen MR) is 50.2 cm³/mol. The average Bonchev–Trinajstić information content (AvgIpc) is 2.14. The van der Waals surface area contributed by atoms with Crippen LogP contribution in [0.3, 0.4) is 0 Å². The van der Waals surface area contributed by atoms with Gasteiger partial charge in [0.2, 0.25) is 0 Å². The van der Waals surface area contributed by atoms with Gasteiger partial charge in [-0.2, -0.15) is 0 Å². The van der Waals surface area contributed by atoms with Crippen molar-refractivity contribution in [2.24, 2.45) is 0 Å². The summed E-state index contributed by atoms with van der Waals surface area (Å²) in [5.41, 5.74) is 0.205. The van der Waals surface area contributed by atoms with Gasteiger partial charge in [0.25, 0.3) is 0 Å². The van der Waals surface area contributed by atoms with Crippen molar-refractivity contribution in [2.75, 3.05) is 26.7 Å². The molecule has 1 rings (SSSR count). The van der Waals surface area contributed by atoms with Gasteiger partial charge < -0.3 is 10.4 Å². The fourth-order valence-corrected chi connectivity index (χ4v) is 1.66. The molecule has 0 aromatic rings. The van der Waals surface area contributed by atoms with E-state index < -0.39 is 0 Å². The summed E-state index contributed by atoms with van der Waals surface area (Å²) in [5, 5.41) is 12.5. The third kappa shape index (κ3) is 1.97. The number of aliphatic hydroxyl groups excluding tert-OH is 1. The van der Waals surface area contributed by atoms with E-state index in [-0.39, 0.29) is 18.2 Å². The Kier molecular flexibility index (Phi) is 3.09. The SMILES string of the molecule is CN1C(CO)CNCCC1(C)C. The quantitative estimate of drug-likeness (QED) is 0.587. The van der Waals surface area contributed by atoms with Crippen LogP contribution in [0.25, 0.3) is 0 Å². The lowest BCUT2D eigenvalue weighted by Gasteiger charge is -2.38. The number of nitrogens with zero attached hydrogens (tertiary/aromatic N) is 1. The molecule has 1 heterocycles.